The average Bonchev–Trinajstić information content (AvgIpc) is 3.30. The van der Waals surface area contributed by atoms with Crippen molar-refractivity contribution < 1.29 is 27.4 Å². The van der Waals surface area contributed by atoms with Crippen LogP contribution in [0.3, 0.4) is 0 Å². The molecular formula is C23H28ClN5O6S. The third kappa shape index (κ3) is 5.26. The number of anilines is 1. The minimum atomic E-state index is -3.96. The number of aromatic nitrogens is 4. The molecule has 1 aromatic carbocycles. The predicted octanol–water partition coefficient (Wildman–Crippen LogP) is 3.35. The Balaban J connectivity index is 1.77. The van der Waals surface area contributed by atoms with Crippen molar-refractivity contribution in [2.75, 3.05) is 38.8 Å². The Kier molecular flexibility index (Phi) is 7.98. The van der Waals surface area contributed by atoms with Crippen LogP contribution in [0, 0.1) is 0 Å². The second-order valence-electron chi connectivity index (χ2n) is 8.20. The van der Waals surface area contributed by atoms with Crippen LogP contribution in [0.15, 0.2) is 36.5 Å². The van der Waals surface area contributed by atoms with Gasteiger partial charge in [0.2, 0.25) is 16.0 Å². The molecular weight excluding hydrogens is 510 g/mol. The van der Waals surface area contributed by atoms with Crippen molar-refractivity contribution in [1.29, 1.82) is 0 Å². The predicted molar refractivity (Wildman–Crippen MR) is 134 cm³/mol. The number of nitrogens with zero attached hydrogens (tertiary/aromatic N) is 4. The monoisotopic (exact) mass is 537 g/mol. The van der Waals surface area contributed by atoms with Gasteiger partial charge in [0.05, 0.1) is 44.3 Å². The van der Waals surface area contributed by atoms with Crippen LogP contribution in [-0.2, 0) is 19.5 Å². The van der Waals surface area contributed by atoms with Crippen molar-refractivity contribution >= 4 is 27.6 Å². The van der Waals surface area contributed by atoms with E-state index in [1.165, 1.54) is 25.0 Å². The summed E-state index contributed by atoms with van der Waals surface area (Å²) in [5.74, 6) is 0.727. The number of para-hydroxylation sites is 1. The van der Waals surface area contributed by atoms with Gasteiger partial charge in [-0.3, -0.25) is 14.3 Å². The summed E-state index contributed by atoms with van der Waals surface area (Å²) in [6.45, 7) is 4.44. The highest BCUT2D eigenvalue weighted by atomic mass is 35.5. The molecule has 36 heavy (non-hydrogen) atoms. The van der Waals surface area contributed by atoms with Gasteiger partial charge in [0.25, 0.3) is 0 Å². The van der Waals surface area contributed by atoms with Crippen molar-refractivity contribution in [2.45, 2.75) is 31.1 Å². The number of ether oxygens (including phenoxy) is 4. The van der Waals surface area contributed by atoms with Gasteiger partial charge in [-0.1, -0.05) is 24.6 Å². The molecule has 1 fully saturated rings. The largest absolute Gasteiger partial charge is 0.494 e. The summed E-state index contributed by atoms with van der Waals surface area (Å²) in [4.78, 5) is 4.27. The number of rotatable bonds is 9. The van der Waals surface area contributed by atoms with Gasteiger partial charge in [0, 0.05) is 17.8 Å². The van der Waals surface area contributed by atoms with Crippen LogP contribution in [0.1, 0.15) is 37.4 Å². The maximum atomic E-state index is 13.5. The Labute approximate surface area is 214 Å². The normalized spacial score (nSPS) is 17.9. The second kappa shape index (κ2) is 11.0. The maximum Gasteiger partial charge on any atom is 0.243 e. The second-order valence-corrected chi connectivity index (χ2v) is 10.7. The van der Waals surface area contributed by atoms with Crippen molar-refractivity contribution in [1.82, 2.24) is 19.7 Å². The highest BCUT2D eigenvalue weighted by Crippen LogP contribution is 2.37. The standard InChI is InChI=1S/C23H28ClN5O6S/c1-14(17-9-8-16(24)12-25-17)15(2)36(30,31)28-23-27-26-22(20-13-34-10-11-35-20)29(23)21-18(32-3)6-5-7-19(21)33-4/h5-9,12,14-15,20H,10-11,13H2,1-4H3,(H,27,28)/t14-,15-,20+/m0/s1. The summed E-state index contributed by atoms with van der Waals surface area (Å²) in [6.07, 6.45) is 0.914. The van der Waals surface area contributed by atoms with Gasteiger partial charge in [-0.15, -0.1) is 10.2 Å². The molecule has 1 aliphatic rings. The number of hydrogen-bond donors (Lipinski definition) is 1. The van der Waals surface area contributed by atoms with Gasteiger partial charge >= 0.3 is 0 Å². The lowest BCUT2D eigenvalue weighted by molar-refractivity contribution is -0.0941. The van der Waals surface area contributed by atoms with Gasteiger partial charge in [-0.2, -0.15) is 0 Å². The molecule has 0 amide bonds. The fraction of sp³-hybridized carbons (Fsp3) is 0.435. The molecule has 0 aliphatic carbocycles. The van der Waals surface area contributed by atoms with Crippen LogP contribution >= 0.6 is 11.6 Å². The molecule has 1 N–H and O–H groups in total. The first-order valence-corrected chi connectivity index (χ1v) is 13.2. The first-order chi connectivity index (χ1) is 17.3. The summed E-state index contributed by atoms with van der Waals surface area (Å²) < 4.78 is 53.7. The molecule has 11 nitrogen and oxygen atoms in total. The molecule has 0 saturated carbocycles. The Hall–Kier alpha value is -2.93. The Morgan fingerprint density at radius 3 is 2.42 bits per heavy atom. The maximum absolute atomic E-state index is 13.5. The van der Waals surface area contributed by atoms with E-state index in [-0.39, 0.29) is 12.6 Å². The van der Waals surface area contributed by atoms with E-state index in [1.807, 2.05) is 0 Å². The highest BCUT2D eigenvalue weighted by molar-refractivity contribution is 7.93. The van der Waals surface area contributed by atoms with E-state index in [1.54, 1.807) is 44.2 Å². The van der Waals surface area contributed by atoms with E-state index in [9.17, 15) is 8.42 Å². The summed E-state index contributed by atoms with van der Waals surface area (Å²) in [5.41, 5.74) is 1.02. The number of benzene rings is 1. The summed E-state index contributed by atoms with van der Waals surface area (Å²) in [7, 11) is -0.940. The van der Waals surface area contributed by atoms with Crippen LogP contribution in [0.5, 0.6) is 11.5 Å². The zero-order valence-corrected chi connectivity index (χ0v) is 21.9. The van der Waals surface area contributed by atoms with Crippen LogP contribution in [0.25, 0.3) is 5.69 Å². The lowest BCUT2D eigenvalue weighted by Gasteiger charge is -2.25. The molecule has 0 unspecified atom stereocenters. The number of pyridine rings is 1. The minimum absolute atomic E-state index is 0.0370. The summed E-state index contributed by atoms with van der Waals surface area (Å²) >= 11 is 5.93. The average molecular weight is 538 g/mol. The lowest BCUT2D eigenvalue weighted by atomic mass is 10.0. The third-order valence-corrected chi connectivity index (χ3v) is 8.14. The number of halogens is 1. The molecule has 4 rings (SSSR count). The topological polar surface area (TPSA) is 127 Å². The van der Waals surface area contributed by atoms with Gasteiger partial charge in [-0.25, -0.2) is 8.42 Å². The quantitative estimate of drug-likeness (QED) is 0.437. The molecule has 0 spiro atoms. The molecule has 0 radical (unpaired) electrons. The summed E-state index contributed by atoms with van der Waals surface area (Å²) in [5, 5.41) is 8.04. The van der Waals surface area contributed by atoms with Gasteiger partial charge in [-0.05, 0) is 31.2 Å². The van der Waals surface area contributed by atoms with Crippen molar-refractivity contribution in [3.8, 4) is 17.2 Å². The molecule has 3 aromatic rings. The SMILES string of the molecule is COc1cccc(OC)c1-n1c(NS(=O)(=O)[C@@H](C)[C@H](C)c2ccc(Cl)cn2)nnc1[C@H]1COCCO1. The van der Waals surface area contributed by atoms with E-state index < -0.39 is 27.3 Å². The third-order valence-electron chi connectivity index (χ3n) is 6.06. The molecule has 3 atom stereocenters. The van der Waals surface area contributed by atoms with Crippen molar-refractivity contribution in [3.05, 3.63) is 53.1 Å². The molecule has 194 valence electrons. The van der Waals surface area contributed by atoms with Crippen LogP contribution in [-0.4, -0.2) is 67.5 Å². The van der Waals surface area contributed by atoms with Gasteiger partial charge < -0.3 is 18.9 Å². The molecule has 13 heteroatoms. The Morgan fingerprint density at radius 1 is 1.11 bits per heavy atom. The Morgan fingerprint density at radius 2 is 1.83 bits per heavy atom. The smallest absolute Gasteiger partial charge is 0.243 e. The number of nitrogens with one attached hydrogen (secondary N) is 1. The number of methoxy groups -OCH3 is 2. The van der Waals surface area contributed by atoms with Crippen molar-refractivity contribution in [3.63, 3.8) is 0 Å². The van der Waals surface area contributed by atoms with E-state index in [0.717, 1.165) is 0 Å². The fourth-order valence-corrected chi connectivity index (χ4v) is 5.23. The Bertz CT molecular complexity index is 1270. The van der Waals surface area contributed by atoms with E-state index in [2.05, 4.69) is 19.9 Å². The number of sulfonamides is 1. The summed E-state index contributed by atoms with van der Waals surface area (Å²) in [6, 6.07) is 8.61. The fourth-order valence-electron chi connectivity index (χ4n) is 3.87. The first kappa shape index (κ1) is 26.1. The molecule has 2 aromatic heterocycles. The van der Waals surface area contributed by atoms with E-state index in [4.69, 9.17) is 30.5 Å². The van der Waals surface area contributed by atoms with Crippen molar-refractivity contribution in [2.24, 2.45) is 0 Å². The number of hydrogen-bond acceptors (Lipinski definition) is 9. The zero-order valence-electron chi connectivity index (χ0n) is 20.3. The van der Waals surface area contributed by atoms with Crippen LogP contribution < -0.4 is 14.2 Å². The van der Waals surface area contributed by atoms with Crippen LogP contribution in [0.4, 0.5) is 5.95 Å². The highest BCUT2D eigenvalue weighted by Gasteiger charge is 2.33. The molecule has 1 aliphatic heterocycles. The molecule has 0 bridgehead atoms. The molecule has 3 heterocycles. The van der Waals surface area contributed by atoms with Gasteiger partial charge in [0.15, 0.2) is 5.82 Å². The lowest BCUT2D eigenvalue weighted by Crippen LogP contribution is -2.31. The van der Waals surface area contributed by atoms with E-state index in [0.29, 0.717) is 46.9 Å². The first-order valence-electron chi connectivity index (χ1n) is 11.3. The minimum Gasteiger partial charge on any atom is -0.494 e. The van der Waals surface area contributed by atoms with E-state index >= 15 is 0 Å². The zero-order chi connectivity index (χ0) is 25.9. The van der Waals surface area contributed by atoms with Crippen LogP contribution in [0.2, 0.25) is 5.02 Å². The molecule has 1 saturated heterocycles. The van der Waals surface area contributed by atoms with Gasteiger partial charge in [0.1, 0.15) is 23.3 Å².